The van der Waals surface area contributed by atoms with Gasteiger partial charge in [-0.15, -0.1) is 5.92 Å². The second-order valence-corrected chi connectivity index (χ2v) is 6.73. The quantitative estimate of drug-likeness (QED) is 0.633. The van der Waals surface area contributed by atoms with Crippen molar-refractivity contribution in [2.24, 2.45) is 0 Å². The van der Waals surface area contributed by atoms with Crippen molar-refractivity contribution in [1.29, 1.82) is 0 Å². The molecule has 150 valence electrons. The molecule has 0 saturated carbocycles. The van der Waals surface area contributed by atoms with Crippen molar-refractivity contribution in [2.45, 2.75) is 20.0 Å². The largest absolute Gasteiger partial charge is 0.492 e. The molecule has 4 rings (SSSR count). The number of piperazine rings is 1. The maximum atomic E-state index is 13.2. The zero-order chi connectivity index (χ0) is 20.1. The van der Waals surface area contributed by atoms with Crippen LogP contribution in [0.2, 0.25) is 0 Å². The van der Waals surface area contributed by atoms with E-state index in [1.165, 1.54) is 4.68 Å². The summed E-state index contributed by atoms with van der Waals surface area (Å²) in [6, 6.07) is 9.53. The molecular weight excluding hydrogens is 368 g/mol. The van der Waals surface area contributed by atoms with E-state index in [0.29, 0.717) is 30.7 Å². The predicted molar refractivity (Wildman–Crippen MR) is 112 cm³/mol. The van der Waals surface area contributed by atoms with Gasteiger partial charge in [-0.25, -0.2) is 9.67 Å². The minimum absolute atomic E-state index is 0.175. The van der Waals surface area contributed by atoms with Gasteiger partial charge in [-0.05, 0) is 19.1 Å². The fraction of sp³-hybridized carbons (Fsp3) is 0.381. The molecule has 1 N–H and O–H groups in total. The van der Waals surface area contributed by atoms with Crippen LogP contribution in [0.15, 0.2) is 41.3 Å². The van der Waals surface area contributed by atoms with Gasteiger partial charge >= 0.3 is 0 Å². The zero-order valence-electron chi connectivity index (χ0n) is 16.5. The molecule has 1 fully saturated rings. The summed E-state index contributed by atoms with van der Waals surface area (Å²) in [7, 11) is 0. The lowest BCUT2D eigenvalue weighted by molar-refractivity contribution is 0.288. The third-order valence-electron chi connectivity index (χ3n) is 4.86. The van der Waals surface area contributed by atoms with Crippen LogP contribution in [0, 0.1) is 11.8 Å². The number of para-hydroxylation sites is 1. The molecular formula is C21H24N6O2. The molecule has 3 aromatic rings. The third kappa shape index (κ3) is 4.10. The summed E-state index contributed by atoms with van der Waals surface area (Å²) in [6.07, 6.45) is 1.65. The first kappa shape index (κ1) is 19.0. The van der Waals surface area contributed by atoms with Crippen molar-refractivity contribution >= 4 is 17.0 Å². The first-order valence-electron chi connectivity index (χ1n) is 9.77. The Morgan fingerprint density at radius 1 is 1.21 bits per heavy atom. The second kappa shape index (κ2) is 8.80. The van der Waals surface area contributed by atoms with Gasteiger partial charge in [-0.1, -0.05) is 24.1 Å². The Balaban J connectivity index is 1.64. The first-order chi connectivity index (χ1) is 14.3. The van der Waals surface area contributed by atoms with Crippen LogP contribution in [0.3, 0.4) is 0 Å². The summed E-state index contributed by atoms with van der Waals surface area (Å²) >= 11 is 0. The van der Waals surface area contributed by atoms with Crippen molar-refractivity contribution in [3.05, 3.63) is 46.9 Å². The van der Waals surface area contributed by atoms with Gasteiger partial charge in [0.25, 0.3) is 5.56 Å². The highest BCUT2D eigenvalue weighted by Crippen LogP contribution is 2.20. The van der Waals surface area contributed by atoms with Crippen LogP contribution in [0.4, 0.5) is 5.95 Å². The molecule has 1 saturated heterocycles. The van der Waals surface area contributed by atoms with Crippen molar-refractivity contribution in [3.63, 3.8) is 0 Å². The van der Waals surface area contributed by atoms with Gasteiger partial charge in [0.1, 0.15) is 23.4 Å². The fourth-order valence-electron chi connectivity index (χ4n) is 3.41. The fourth-order valence-corrected chi connectivity index (χ4v) is 3.41. The molecule has 1 aromatic carbocycles. The Kier molecular flexibility index (Phi) is 5.77. The highest BCUT2D eigenvalue weighted by molar-refractivity contribution is 5.77. The smallest absolute Gasteiger partial charge is 0.293 e. The molecule has 0 spiro atoms. The highest BCUT2D eigenvalue weighted by atomic mass is 16.5. The predicted octanol–water partition coefficient (Wildman–Crippen LogP) is 1.10. The second-order valence-electron chi connectivity index (χ2n) is 6.73. The summed E-state index contributed by atoms with van der Waals surface area (Å²) in [6.45, 7) is 6.40. The summed E-state index contributed by atoms with van der Waals surface area (Å²) in [5.74, 6) is 7.53. The third-order valence-corrected chi connectivity index (χ3v) is 4.86. The number of hydrogen-bond donors (Lipinski definition) is 1. The molecule has 3 heterocycles. The van der Waals surface area contributed by atoms with Crippen molar-refractivity contribution in [2.75, 3.05) is 37.7 Å². The van der Waals surface area contributed by atoms with Crippen LogP contribution in [0.1, 0.15) is 6.92 Å². The van der Waals surface area contributed by atoms with Crippen LogP contribution in [-0.4, -0.2) is 52.1 Å². The number of ether oxygens (including phenoxy) is 1. The lowest BCUT2D eigenvalue weighted by Gasteiger charge is -2.28. The van der Waals surface area contributed by atoms with E-state index in [0.717, 1.165) is 37.9 Å². The van der Waals surface area contributed by atoms with Crippen LogP contribution in [0.25, 0.3) is 11.0 Å². The Morgan fingerprint density at radius 2 is 2.00 bits per heavy atom. The molecule has 0 amide bonds. The van der Waals surface area contributed by atoms with Gasteiger partial charge in [0.2, 0.25) is 5.95 Å². The number of anilines is 1. The average Bonchev–Trinajstić information content (AvgIpc) is 3.14. The van der Waals surface area contributed by atoms with E-state index in [-0.39, 0.29) is 5.56 Å². The minimum Gasteiger partial charge on any atom is -0.492 e. The maximum Gasteiger partial charge on any atom is 0.293 e. The molecule has 1 aliphatic rings. The summed E-state index contributed by atoms with van der Waals surface area (Å²) < 4.78 is 9.06. The van der Waals surface area contributed by atoms with E-state index in [2.05, 4.69) is 27.2 Å². The molecule has 2 aromatic heterocycles. The number of nitrogens with zero attached hydrogens (tertiary/aromatic N) is 5. The monoisotopic (exact) mass is 392 g/mol. The number of nitrogens with one attached hydrogen (secondary N) is 1. The van der Waals surface area contributed by atoms with Gasteiger partial charge in [0.15, 0.2) is 0 Å². The molecule has 29 heavy (non-hydrogen) atoms. The molecule has 0 unspecified atom stereocenters. The zero-order valence-corrected chi connectivity index (χ0v) is 16.5. The van der Waals surface area contributed by atoms with E-state index in [9.17, 15) is 4.79 Å². The normalized spacial score (nSPS) is 13.9. The van der Waals surface area contributed by atoms with Gasteiger partial charge in [-0.2, -0.15) is 5.10 Å². The number of imidazole rings is 1. The van der Waals surface area contributed by atoms with Crippen molar-refractivity contribution in [1.82, 2.24) is 24.6 Å². The topological polar surface area (TPSA) is 77.2 Å². The molecule has 0 bridgehead atoms. The van der Waals surface area contributed by atoms with Gasteiger partial charge in [0.05, 0.1) is 19.3 Å². The molecule has 8 nitrogen and oxygen atoms in total. The van der Waals surface area contributed by atoms with Crippen molar-refractivity contribution < 1.29 is 4.74 Å². The van der Waals surface area contributed by atoms with Gasteiger partial charge < -0.3 is 15.0 Å². The van der Waals surface area contributed by atoms with Gasteiger partial charge in [0, 0.05) is 26.2 Å². The van der Waals surface area contributed by atoms with Crippen LogP contribution >= 0.6 is 0 Å². The highest BCUT2D eigenvalue weighted by Gasteiger charge is 2.21. The number of benzene rings is 1. The lowest BCUT2D eigenvalue weighted by atomic mass is 10.3. The number of rotatable bonds is 6. The summed E-state index contributed by atoms with van der Waals surface area (Å²) in [5.41, 5.74) is 0.962. The number of fused-ring (bicyclic) bond motifs is 1. The van der Waals surface area contributed by atoms with E-state index in [4.69, 9.17) is 9.72 Å². The molecule has 0 atom stereocenters. The molecule has 1 aliphatic heterocycles. The number of hydrogen-bond acceptors (Lipinski definition) is 6. The Bertz CT molecular complexity index is 1090. The first-order valence-corrected chi connectivity index (χ1v) is 9.77. The lowest BCUT2D eigenvalue weighted by Crippen LogP contribution is -2.44. The van der Waals surface area contributed by atoms with E-state index >= 15 is 0 Å². The van der Waals surface area contributed by atoms with E-state index < -0.39 is 0 Å². The molecule has 0 radical (unpaired) electrons. The Hall–Kier alpha value is -3.31. The van der Waals surface area contributed by atoms with Gasteiger partial charge in [-0.3, -0.25) is 9.36 Å². The average molecular weight is 392 g/mol. The van der Waals surface area contributed by atoms with Crippen LogP contribution in [-0.2, 0) is 13.1 Å². The van der Waals surface area contributed by atoms with E-state index in [1.807, 2.05) is 34.9 Å². The van der Waals surface area contributed by atoms with E-state index in [1.54, 1.807) is 13.1 Å². The molecule has 0 aliphatic carbocycles. The van der Waals surface area contributed by atoms with Crippen molar-refractivity contribution in [3.8, 4) is 17.6 Å². The standard InChI is InChI=1S/C21H24N6O2/c1-2-3-11-26-19-18(24-21(26)25-12-9-22-10-13-25)16-23-27(20(19)28)14-15-29-17-7-5-4-6-8-17/h4-8,16,22H,9-15H2,1H3. The SMILES string of the molecule is CC#CCn1c(N2CCNCC2)nc2cnn(CCOc3ccccc3)c(=O)c21. The Labute approximate surface area is 169 Å². The maximum absolute atomic E-state index is 13.2. The number of aromatic nitrogens is 4. The minimum atomic E-state index is -0.175. The summed E-state index contributed by atoms with van der Waals surface area (Å²) in [5, 5.41) is 7.64. The van der Waals surface area contributed by atoms with Crippen LogP contribution in [0.5, 0.6) is 5.75 Å². The van der Waals surface area contributed by atoms with Crippen LogP contribution < -0.4 is 20.5 Å². The Morgan fingerprint density at radius 3 is 2.76 bits per heavy atom. The summed E-state index contributed by atoms with van der Waals surface area (Å²) in [4.78, 5) is 20.1. The molecule has 8 heteroatoms.